The van der Waals surface area contributed by atoms with Crippen molar-refractivity contribution in [2.45, 2.75) is 25.5 Å². The van der Waals surface area contributed by atoms with E-state index in [1.807, 2.05) is 43.4 Å². The van der Waals surface area contributed by atoms with Crippen LogP contribution in [-0.2, 0) is 11.2 Å². The van der Waals surface area contributed by atoms with E-state index in [1.54, 1.807) is 7.11 Å². The number of hydrogen-bond donors (Lipinski definition) is 2. The highest BCUT2D eigenvalue weighted by Crippen LogP contribution is 2.20. The Kier molecular flexibility index (Phi) is 8.92. The summed E-state index contributed by atoms with van der Waals surface area (Å²) >= 11 is 6.08. The fraction of sp³-hybridized carbons (Fsp3) is 0.429. The minimum Gasteiger partial charge on any atom is -0.492 e. The van der Waals surface area contributed by atoms with E-state index in [4.69, 9.17) is 21.1 Å². The van der Waals surface area contributed by atoms with Gasteiger partial charge in [0.2, 0.25) is 0 Å². The zero-order valence-corrected chi connectivity index (χ0v) is 16.6. The van der Waals surface area contributed by atoms with Crippen LogP contribution in [0.1, 0.15) is 24.2 Å². The molecule has 142 valence electrons. The molecule has 5 heteroatoms. The lowest BCUT2D eigenvalue weighted by Crippen LogP contribution is -2.32. The highest BCUT2D eigenvalue weighted by atomic mass is 35.5. The van der Waals surface area contributed by atoms with Crippen molar-refractivity contribution in [3.05, 3.63) is 64.7 Å². The van der Waals surface area contributed by atoms with Gasteiger partial charge in [0.25, 0.3) is 0 Å². The Morgan fingerprint density at radius 3 is 2.54 bits per heavy atom. The summed E-state index contributed by atoms with van der Waals surface area (Å²) in [5.74, 6) is 0.907. The summed E-state index contributed by atoms with van der Waals surface area (Å²) in [5, 5.41) is 7.35. The maximum Gasteiger partial charge on any atom is 0.119 e. The predicted octanol–water partition coefficient (Wildman–Crippen LogP) is 3.85. The van der Waals surface area contributed by atoms with Crippen molar-refractivity contribution in [1.29, 1.82) is 0 Å². The van der Waals surface area contributed by atoms with Crippen molar-refractivity contribution in [1.82, 2.24) is 10.6 Å². The average molecular weight is 377 g/mol. The summed E-state index contributed by atoms with van der Waals surface area (Å²) in [6.07, 6.45) is 0.932. The summed E-state index contributed by atoms with van der Waals surface area (Å²) in [5.41, 5.74) is 2.37. The van der Waals surface area contributed by atoms with E-state index in [2.05, 4.69) is 29.7 Å². The van der Waals surface area contributed by atoms with Gasteiger partial charge in [-0.2, -0.15) is 0 Å². The van der Waals surface area contributed by atoms with E-state index in [9.17, 15) is 0 Å². The van der Waals surface area contributed by atoms with Crippen molar-refractivity contribution >= 4 is 11.6 Å². The van der Waals surface area contributed by atoms with Gasteiger partial charge < -0.3 is 20.1 Å². The fourth-order valence-electron chi connectivity index (χ4n) is 2.77. The second-order valence-corrected chi connectivity index (χ2v) is 6.83. The number of methoxy groups -OCH3 is 1. The first-order chi connectivity index (χ1) is 12.6. The normalized spacial score (nSPS) is 13.4. The topological polar surface area (TPSA) is 42.5 Å². The number of benzene rings is 2. The van der Waals surface area contributed by atoms with Crippen molar-refractivity contribution in [2.24, 2.45) is 0 Å². The monoisotopic (exact) mass is 376 g/mol. The molecule has 0 aliphatic heterocycles. The van der Waals surface area contributed by atoms with Gasteiger partial charge in [-0.25, -0.2) is 0 Å². The third-order valence-corrected chi connectivity index (χ3v) is 4.48. The Morgan fingerprint density at radius 2 is 1.88 bits per heavy atom. The highest BCUT2D eigenvalue weighted by Gasteiger charge is 2.12. The Bertz CT molecular complexity index is 649. The molecule has 0 saturated heterocycles. The summed E-state index contributed by atoms with van der Waals surface area (Å²) in [6, 6.07) is 16.5. The SMILES string of the molecule is CNCCOc1ccc(C[C@@H](C)NC[C@H](OC)c2cccc(Cl)c2)cc1. The molecule has 0 spiro atoms. The maximum absolute atomic E-state index is 6.08. The van der Waals surface area contributed by atoms with Gasteiger partial charge in [-0.05, 0) is 55.8 Å². The maximum atomic E-state index is 6.08. The molecule has 4 nitrogen and oxygen atoms in total. The van der Waals surface area contributed by atoms with E-state index in [-0.39, 0.29) is 6.10 Å². The van der Waals surface area contributed by atoms with Crippen molar-refractivity contribution in [3.8, 4) is 5.75 Å². The largest absolute Gasteiger partial charge is 0.492 e. The third kappa shape index (κ3) is 6.96. The van der Waals surface area contributed by atoms with Gasteiger partial charge in [0.1, 0.15) is 12.4 Å². The van der Waals surface area contributed by atoms with Crippen molar-refractivity contribution < 1.29 is 9.47 Å². The van der Waals surface area contributed by atoms with Crippen LogP contribution in [0.3, 0.4) is 0 Å². The quantitative estimate of drug-likeness (QED) is 0.584. The lowest BCUT2D eigenvalue weighted by Gasteiger charge is -2.20. The van der Waals surface area contributed by atoms with Crippen LogP contribution in [0.2, 0.25) is 5.02 Å². The number of rotatable bonds is 11. The molecule has 0 saturated carbocycles. The van der Waals surface area contributed by atoms with Gasteiger partial charge in [0.15, 0.2) is 0 Å². The third-order valence-electron chi connectivity index (χ3n) is 4.24. The van der Waals surface area contributed by atoms with Gasteiger partial charge in [-0.1, -0.05) is 35.9 Å². The summed E-state index contributed by atoms with van der Waals surface area (Å²) < 4.78 is 11.3. The van der Waals surface area contributed by atoms with Crippen LogP contribution in [0.15, 0.2) is 48.5 Å². The number of likely N-dealkylation sites (N-methyl/N-ethyl adjacent to an activating group) is 1. The molecular formula is C21H29ClN2O2. The lowest BCUT2D eigenvalue weighted by atomic mass is 10.1. The molecule has 0 aliphatic rings. The molecule has 0 unspecified atom stereocenters. The summed E-state index contributed by atoms with van der Waals surface area (Å²) in [6.45, 7) is 4.44. The minimum absolute atomic E-state index is 0.0147. The fourth-order valence-corrected chi connectivity index (χ4v) is 2.97. The first-order valence-electron chi connectivity index (χ1n) is 9.00. The Morgan fingerprint density at radius 1 is 1.12 bits per heavy atom. The summed E-state index contributed by atoms with van der Waals surface area (Å²) in [4.78, 5) is 0. The van der Waals surface area contributed by atoms with Gasteiger partial charge in [0.05, 0.1) is 6.10 Å². The lowest BCUT2D eigenvalue weighted by molar-refractivity contribution is 0.0999. The molecule has 0 aromatic heterocycles. The molecule has 0 aliphatic carbocycles. The first kappa shape index (κ1) is 20.7. The smallest absolute Gasteiger partial charge is 0.119 e. The number of ether oxygens (including phenoxy) is 2. The molecule has 0 bridgehead atoms. The second kappa shape index (κ2) is 11.2. The number of nitrogens with one attached hydrogen (secondary N) is 2. The van der Waals surface area contributed by atoms with Crippen molar-refractivity contribution in [2.75, 3.05) is 33.9 Å². The van der Waals surface area contributed by atoms with Gasteiger partial charge >= 0.3 is 0 Å². The summed E-state index contributed by atoms with van der Waals surface area (Å²) in [7, 11) is 3.64. The van der Waals surface area contributed by atoms with Crippen LogP contribution in [-0.4, -0.2) is 39.9 Å². The Labute approximate surface area is 161 Å². The van der Waals surface area contributed by atoms with Crippen LogP contribution in [0.4, 0.5) is 0 Å². The zero-order valence-electron chi connectivity index (χ0n) is 15.8. The van der Waals surface area contributed by atoms with Gasteiger partial charge in [-0.15, -0.1) is 0 Å². The van der Waals surface area contributed by atoms with Crippen LogP contribution in [0, 0.1) is 0 Å². The average Bonchev–Trinajstić information content (AvgIpc) is 2.64. The van der Waals surface area contributed by atoms with E-state index in [0.717, 1.165) is 35.8 Å². The molecule has 2 rings (SSSR count). The minimum atomic E-state index is -0.0147. The molecule has 2 atom stereocenters. The molecule has 2 aromatic carbocycles. The molecule has 26 heavy (non-hydrogen) atoms. The molecule has 0 heterocycles. The first-order valence-corrected chi connectivity index (χ1v) is 9.38. The van der Waals surface area contributed by atoms with E-state index >= 15 is 0 Å². The molecule has 2 N–H and O–H groups in total. The van der Waals surface area contributed by atoms with E-state index in [0.29, 0.717) is 12.6 Å². The molecule has 0 fully saturated rings. The highest BCUT2D eigenvalue weighted by molar-refractivity contribution is 6.30. The van der Waals surface area contributed by atoms with Crippen LogP contribution >= 0.6 is 11.6 Å². The molecule has 0 radical (unpaired) electrons. The number of hydrogen-bond acceptors (Lipinski definition) is 4. The van der Waals surface area contributed by atoms with Crippen LogP contribution in [0.5, 0.6) is 5.75 Å². The Hall–Kier alpha value is -1.59. The molecule has 0 amide bonds. The van der Waals surface area contributed by atoms with Crippen molar-refractivity contribution in [3.63, 3.8) is 0 Å². The second-order valence-electron chi connectivity index (χ2n) is 6.39. The molecular weight excluding hydrogens is 348 g/mol. The van der Waals surface area contributed by atoms with Gasteiger partial charge in [0, 0.05) is 31.3 Å². The molecule has 2 aromatic rings. The Balaban J connectivity index is 1.81. The van der Waals surface area contributed by atoms with Gasteiger partial charge in [-0.3, -0.25) is 0 Å². The standard InChI is InChI=1S/C21H29ClN2O2/c1-16(13-17-7-9-20(10-8-17)26-12-11-23-2)24-15-21(25-3)18-5-4-6-19(22)14-18/h4-10,14,16,21,23-24H,11-13,15H2,1-3H3/t16-,21+/m1/s1. The number of halogens is 1. The zero-order chi connectivity index (χ0) is 18.8. The van der Waals surface area contributed by atoms with Crippen LogP contribution in [0.25, 0.3) is 0 Å². The predicted molar refractivity (Wildman–Crippen MR) is 108 cm³/mol. The van der Waals surface area contributed by atoms with Crippen LogP contribution < -0.4 is 15.4 Å². The van der Waals surface area contributed by atoms with E-state index in [1.165, 1.54) is 5.56 Å². The van der Waals surface area contributed by atoms with E-state index < -0.39 is 0 Å².